The molecule has 2 aliphatic heterocycles. The number of carbonyl (C=O) groups excluding carboxylic acids is 1. The summed E-state index contributed by atoms with van der Waals surface area (Å²) < 4.78 is 7.02. The van der Waals surface area contributed by atoms with Crippen molar-refractivity contribution in [1.82, 2.24) is 9.47 Å². The van der Waals surface area contributed by atoms with E-state index in [9.17, 15) is 14.7 Å². The first-order chi connectivity index (χ1) is 18.1. The van der Waals surface area contributed by atoms with Crippen molar-refractivity contribution in [3.63, 3.8) is 0 Å². The summed E-state index contributed by atoms with van der Waals surface area (Å²) in [5.74, 6) is -0.932. The molecular formula is C30H27LiN2O4S. The molecule has 0 aliphatic carbocycles. The molecule has 1 atom stereocenters. The molecule has 0 saturated carbocycles. The Hall–Kier alpha value is -2.79. The number of nitrogens with zero attached hydrogens (tertiary/aromatic N) is 2. The number of aromatic nitrogens is 1. The van der Waals surface area contributed by atoms with Crippen LogP contribution in [0, 0.1) is 0 Å². The molecule has 38 heavy (non-hydrogen) atoms. The van der Waals surface area contributed by atoms with Crippen LogP contribution in [0.15, 0.2) is 82.6 Å². The number of carbonyl (C=O) groups is 1. The molecule has 6 nitrogen and oxygen atoms in total. The van der Waals surface area contributed by atoms with E-state index in [0.717, 1.165) is 46.1 Å². The molecule has 1 fully saturated rings. The van der Waals surface area contributed by atoms with Gasteiger partial charge >= 0.3 is 18.9 Å². The number of fused-ring (bicyclic) bond motifs is 2. The van der Waals surface area contributed by atoms with Gasteiger partial charge in [-0.25, -0.2) is 0 Å². The van der Waals surface area contributed by atoms with Gasteiger partial charge in [-0.2, -0.15) is 0 Å². The second kappa shape index (κ2) is 11.5. The number of hydrogen-bond acceptors (Lipinski definition) is 6. The van der Waals surface area contributed by atoms with Gasteiger partial charge in [0.1, 0.15) is 0 Å². The molecule has 0 spiro atoms. The van der Waals surface area contributed by atoms with E-state index in [0.29, 0.717) is 36.8 Å². The Labute approximate surface area is 237 Å². The third-order valence-electron chi connectivity index (χ3n) is 7.33. The molecule has 0 radical (unpaired) electrons. The Kier molecular flexibility index (Phi) is 8.13. The molecule has 2 aliphatic rings. The van der Waals surface area contributed by atoms with E-state index < -0.39 is 12.0 Å². The third-order valence-corrected chi connectivity index (χ3v) is 8.49. The molecule has 0 amide bonds. The predicted molar refractivity (Wildman–Crippen MR) is 144 cm³/mol. The average molecular weight is 519 g/mol. The summed E-state index contributed by atoms with van der Waals surface area (Å²) in [4.78, 5) is 28.4. The number of benzene rings is 3. The summed E-state index contributed by atoms with van der Waals surface area (Å²) in [6.45, 7) is 3.15. The zero-order chi connectivity index (χ0) is 25.4. The molecule has 8 heteroatoms. The molecule has 4 aromatic rings. The van der Waals surface area contributed by atoms with Crippen LogP contribution in [-0.2, 0) is 22.5 Å². The fourth-order valence-electron chi connectivity index (χ4n) is 5.48. The molecule has 1 unspecified atom stereocenters. The summed E-state index contributed by atoms with van der Waals surface area (Å²) in [7, 11) is 0. The monoisotopic (exact) mass is 518 g/mol. The van der Waals surface area contributed by atoms with Crippen molar-refractivity contribution in [3.05, 3.63) is 99.8 Å². The number of pyridine rings is 1. The Morgan fingerprint density at radius 3 is 2.42 bits per heavy atom. The van der Waals surface area contributed by atoms with Crippen molar-refractivity contribution in [2.45, 2.75) is 24.0 Å². The molecule has 3 aromatic carbocycles. The summed E-state index contributed by atoms with van der Waals surface area (Å²) in [6, 6.07) is 23.6. The van der Waals surface area contributed by atoms with E-state index in [1.807, 2.05) is 42.5 Å². The number of carboxylic acid groups (broad SMARTS) is 1. The minimum absolute atomic E-state index is 0. The first-order valence-electron chi connectivity index (χ1n) is 12.6. The minimum atomic E-state index is -1.22. The van der Waals surface area contributed by atoms with E-state index in [2.05, 4.69) is 35.2 Å². The Balaban J connectivity index is 0.00000294. The normalized spacial score (nSPS) is 17.2. The number of carboxylic acids is 1. The van der Waals surface area contributed by atoms with Gasteiger partial charge in [0, 0.05) is 36.5 Å². The van der Waals surface area contributed by atoms with Crippen LogP contribution in [0.5, 0.6) is 0 Å². The summed E-state index contributed by atoms with van der Waals surface area (Å²) in [5, 5.41) is 15.1. The van der Waals surface area contributed by atoms with Crippen LogP contribution in [0.1, 0.15) is 22.7 Å². The molecular weight excluding hydrogens is 491 g/mol. The second-order valence-corrected chi connectivity index (χ2v) is 10.5. The number of ether oxygens (including phenoxy) is 1. The zero-order valence-electron chi connectivity index (χ0n) is 21.4. The quantitative estimate of drug-likeness (QED) is 0.346. The van der Waals surface area contributed by atoms with Gasteiger partial charge in [0.25, 0.3) is 5.56 Å². The van der Waals surface area contributed by atoms with Crippen molar-refractivity contribution < 1.29 is 33.5 Å². The van der Waals surface area contributed by atoms with Crippen LogP contribution in [0.25, 0.3) is 21.9 Å². The second-order valence-electron chi connectivity index (χ2n) is 9.53. The first kappa shape index (κ1) is 26.8. The van der Waals surface area contributed by atoms with Gasteiger partial charge < -0.3 is 14.6 Å². The fraction of sp³-hybridized carbons (Fsp3) is 0.267. The third kappa shape index (κ3) is 4.98. The Morgan fingerprint density at radius 2 is 1.66 bits per heavy atom. The molecule has 3 heterocycles. The smallest absolute Gasteiger partial charge is 0.548 e. The van der Waals surface area contributed by atoms with Crippen LogP contribution >= 0.6 is 11.8 Å². The topological polar surface area (TPSA) is 74.6 Å². The summed E-state index contributed by atoms with van der Waals surface area (Å²) >= 11 is 1.43. The van der Waals surface area contributed by atoms with Crippen molar-refractivity contribution in [2.75, 3.05) is 32.1 Å². The largest absolute Gasteiger partial charge is 1.00 e. The number of aliphatic carboxylic acids is 1. The van der Waals surface area contributed by atoms with Crippen molar-refractivity contribution >= 4 is 28.5 Å². The van der Waals surface area contributed by atoms with E-state index in [-0.39, 0.29) is 30.2 Å². The maximum Gasteiger partial charge on any atom is 1.00 e. The van der Waals surface area contributed by atoms with Crippen LogP contribution in [0.3, 0.4) is 0 Å². The fourth-order valence-corrected chi connectivity index (χ4v) is 6.81. The summed E-state index contributed by atoms with van der Waals surface area (Å²) in [6.07, 6.45) is 0.574. The van der Waals surface area contributed by atoms with E-state index in [1.165, 1.54) is 16.3 Å². The molecule has 1 saturated heterocycles. The number of rotatable bonds is 6. The van der Waals surface area contributed by atoms with E-state index >= 15 is 0 Å². The van der Waals surface area contributed by atoms with E-state index in [4.69, 9.17) is 4.74 Å². The van der Waals surface area contributed by atoms with Crippen molar-refractivity contribution in [1.29, 1.82) is 0 Å². The molecule has 0 N–H and O–H groups in total. The van der Waals surface area contributed by atoms with Crippen LogP contribution in [0.4, 0.5) is 0 Å². The predicted octanol–water partition coefficient (Wildman–Crippen LogP) is 0.492. The average Bonchev–Trinajstić information content (AvgIpc) is 3.38. The molecule has 0 bridgehead atoms. The summed E-state index contributed by atoms with van der Waals surface area (Å²) in [5.41, 5.74) is 4.47. The molecule has 188 valence electrons. The van der Waals surface area contributed by atoms with Gasteiger partial charge in [0.2, 0.25) is 0 Å². The zero-order valence-corrected chi connectivity index (χ0v) is 22.2. The standard InChI is InChI=1S/C30H28N2O4S.Li/c33-28-25(18-31-13-15-36-16-14-31)24(17-22-11-6-10-20-7-4-5-12-23(20)22)27(21-8-2-1-3-9-21)29-32(28)26(19-37-29)30(34)35;/h1-12,26H,13-19H2,(H,34,35);/q;+1/p-1. The van der Waals surface area contributed by atoms with Crippen LogP contribution < -0.4 is 29.5 Å². The SMILES string of the molecule is O=C([O-])C1CSc2c(-c3ccccc3)c(Cc3cccc4ccccc34)c(CN3CCOCC3)c(=O)n21.[Li+]. The van der Waals surface area contributed by atoms with E-state index in [1.54, 1.807) is 0 Å². The number of hydrogen-bond donors (Lipinski definition) is 0. The van der Waals surface area contributed by atoms with Gasteiger partial charge in [-0.1, -0.05) is 72.8 Å². The Bertz CT molecular complexity index is 1530. The Morgan fingerprint density at radius 1 is 0.947 bits per heavy atom. The van der Waals surface area contributed by atoms with Crippen molar-refractivity contribution in [3.8, 4) is 11.1 Å². The van der Waals surface area contributed by atoms with Gasteiger partial charge in [0.05, 0.1) is 30.3 Å². The maximum absolute atomic E-state index is 14.1. The first-order valence-corrected chi connectivity index (χ1v) is 13.6. The van der Waals surface area contributed by atoms with Gasteiger partial charge in [-0.3, -0.25) is 14.3 Å². The number of thioether (sulfide) groups is 1. The van der Waals surface area contributed by atoms with Gasteiger partial charge in [-0.15, -0.1) is 11.8 Å². The minimum Gasteiger partial charge on any atom is -0.548 e. The van der Waals surface area contributed by atoms with Gasteiger partial charge in [-0.05, 0) is 33.9 Å². The molecule has 6 rings (SSSR count). The van der Waals surface area contributed by atoms with Gasteiger partial charge in [0.15, 0.2) is 0 Å². The number of morpholine rings is 1. The van der Waals surface area contributed by atoms with Crippen LogP contribution in [-0.4, -0.2) is 47.5 Å². The maximum atomic E-state index is 14.1. The van der Waals surface area contributed by atoms with Crippen molar-refractivity contribution in [2.24, 2.45) is 0 Å². The van der Waals surface area contributed by atoms with Crippen LogP contribution in [0.2, 0.25) is 0 Å². The molecule has 1 aromatic heterocycles.